The zero-order valence-corrected chi connectivity index (χ0v) is 12.6. The molecule has 2 rings (SSSR count). The van der Waals surface area contributed by atoms with Crippen molar-refractivity contribution in [1.82, 2.24) is 0 Å². The average Bonchev–Trinajstić information content (AvgIpc) is 2.46. The van der Waals surface area contributed by atoms with E-state index >= 15 is 0 Å². The van der Waals surface area contributed by atoms with E-state index in [1.165, 1.54) is 6.07 Å². The van der Waals surface area contributed by atoms with Crippen LogP contribution in [0.1, 0.15) is 27.7 Å². The van der Waals surface area contributed by atoms with E-state index in [1.54, 1.807) is 0 Å². The Hall–Kier alpha value is -0.955. The van der Waals surface area contributed by atoms with E-state index in [1.807, 2.05) is 27.7 Å². The van der Waals surface area contributed by atoms with E-state index in [9.17, 15) is 12.8 Å². The predicted octanol–water partition coefficient (Wildman–Crippen LogP) is 0.772. The molecule has 1 aliphatic rings. The number of nitrogens with two attached hydrogens (primary N) is 1. The van der Waals surface area contributed by atoms with Gasteiger partial charge < -0.3 is 9.31 Å². The van der Waals surface area contributed by atoms with Gasteiger partial charge in [-0.3, -0.25) is 0 Å². The SMILES string of the molecule is CC1(C)OB(c2ccc(S(N)(=O)=O)c(F)c2)OC1(C)C. The van der Waals surface area contributed by atoms with Crippen LogP contribution < -0.4 is 10.6 Å². The highest BCUT2D eigenvalue weighted by Crippen LogP contribution is 2.36. The zero-order chi connectivity index (χ0) is 15.3. The lowest BCUT2D eigenvalue weighted by Crippen LogP contribution is -2.41. The van der Waals surface area contributed by atoms with E-state index < -0.39 is 39.1 Å². The summed E-state index contributed by atoms with van der Waals surface area (Å²) in [4.78, 5) is -0.544. The fourth-order valence-electron chi connectivity index (χ4n) is 1.87. The fourth-order valence-corrected chi connectivity index (χ4v) is 2.46. The Morgan fingerprint density at radius 2 is 1.65 bits per heavy atom. The van der Waals surface area contributed by atoms with Gasteiger partial charge in [0.05, 0.1) is 11.2 Å². The second-order valence-corrected chi connectivity index (χ2v) is 7.35. The number of sulfonamides is 1. The van der Waals surface area contributed by atoms with Gasteiger partial charge in [0.25, 0.3) is 0 Å². The molecule has 0 spiro atoms. The summed E-state index contributed by atoms with van der Waals surface area (Å²) in [6.45, 7) is 7.51. The Morgan fingerprint density at radius 1 is 1.15 bits per heavy atom. The molecule has 110 valence electrons. The number of primary sulfonamides is 1. The summed E-state index contributed by atoms with van der Waals surface area (Å²) in [6, 6.07) is 3.62. The maximum absolute atomic E-state index is 13.8. The Bertz CT molecular complexity index is 629. The van der Waals surface area contributed by atoms with Crippen molar-refractivity contribution in [2.75, 3.05) is 0 Å². The molecule has 0 atom stereocenters. The third-order valence-corrected chi connectivity index (χ3v) is 4.73. The third kappa shape index (κ3) is 2.60. The van der Waals surface area contributed by atoms with Gasteiger partial charge in [0.1, 0.15) is 10.7 Å². The molecule has 0 unspecified atom stereocenters. The van der Waals surface area contributed by atoms with Gasteiger partial charge in [-0.2, -0.15) is 0 Å². The molecular formula is C12H17BFNO4S. The number of benzene rings is 1. The minimum Gasteiger partial charge on any atom is -0.399 e. The largest absolute Gasteiger partial charge is 0.494 e. The summed E-state index contributed by atoms with van der Waals surface area (Å²) >= 11 is 0. The van der Waals surface area contributed by atoms with Crippen LogP contribution in [-0.2, 0) is 19.3 Å². The molecule has 1 fully saturated rings. The smallest absolute Gasteiger partial charge is 0.399 e. The van der Waals surface area contributed by atoms with Crippen LogP contribution in [0, 0.1) is 5.82 Å². The van der Waals surface area contributed by atoms with Crippen molar-refractivity contribution in [3.63, 3.8) is 0 Å². The summed E-state index contributed by atoms with van der Waals surface area (Å²) in [5, 5.41) is 4.92. The van der Waals surface area contributed by atoms with Crippen LogP contribution in [0.2, 0.25) is 0 Å². The van der Waals surface area contributed by atoms with Crippen LogP contribution in [0.15, 0.2) is 23.1 Å². The molecule has 1 aromatic carbocycles. The van der Waals surface area contributed by atoms with Crippen molar-refractivity contribution in [3.05, 3.63) is 24.0 Å². The molecule has 1 saturated heterocycles. The van der Waals surface area contributed by atoms with E-state index in [-0.39, 0.29) is 0 Å². The zero-order valence-electron chi connectivity index (χ0n) is 11.8. The van der Waals surface area contributed by atoms with Crippen molar-refractivity contribution in [2.24, 2.45) is 5.14 Å². The first-order valence-corrected chi connectivity index (χ1v) is 7.66. The number of hydrogen-bond acceptors (Lipinski definition) is 4. The van der Waals surface area contributed by atoms with Gasteiger partial charge in [0.15, 0.2) is 0 Å². The Kier molecular flexibility index (Phi) is 3.49. The molecule has 0 aromatic heterocycles. The lowest BCUT2D eigenvalue weighted by molar-refractivity contribution is 0.00578. The van der Waals surface area contributed by atoms with Crippen LogP contribution in [0.3, 0.4) is 0 Å². The molecule has 0 saturated carbocycles. The maximum atomic E-state index is 13.8. The van der Waals surface area contributed by atoms with Gasteiger partial charge in [0, 0.05) is 0 Å². The molecule has 0 amide bonds. The van der Waals surface area contributed by atoms with E-state index in [2.05, 4.69) is 0 Å². The summed E-state index contributed by atoms with van der Waals surface area (Å²) < 4.78 is 47.7. The van der Waals surface area contributed by atoms with Gasteiger partial charge >= 0.3 is 7.12 Å². The first-order valence-electron chi connectivity index (χ1n) is 6.12. The maximum Gasteiger partial charge on any atom is 0.494 e. The van der Waals surface area contributed by atoms with Crippen molar-refractivity contribution in [2.45, 2.75) is 43.8 Å². The fraction of sp³-hybridized carbons (Fsp3) is 0.500. The van der Waals surface area contributed by atoms with E-state index in [0.717, 1.165) is 12.1 Å². The Morgan fingerprint density at radius 3 is 2.05 bits per heavy atom. The van der Waals surface area contributed by atoms with Crippen LogP contribution in [0.25, 0.3) is 0 Å². The van der Waals surface area contributed by atoms with Crippen LogP contribution in [-0.4, -0.2) is 26.7 Å². The van der Waals surface area contributed by atoms with Crippen LogP contribution >= 0.6 is 0 Å². The standard InChI is InChI=1S/C12H17BFNO4S/c1-11(2)12(3,4)19-13(18-11)8-5-6-10(9(14)7-8)20(15,16)17/h5-7H,1-4H3,(H2,15,16,17). The molecule has 0 radical (unpaired) electrons. The normalized spacial score (nSPS) is 21.2. The van der Waals surface area contributed by atoms with E-state index in [4.69, 9.17) is 14.4 Å². The minimum atomic E-state index is -4.08. The highest BCUT2D eigenvalue weighted by atomic mass is 32.2. The molecule has 2 N–H and O–H groups in total. The summed E-state index contributed by atoms with van der Waals surface area (Å²) in [7, 11) is -4.82. The molecule has 5 nitrogen and oxygen atoms in total. The van der Waals surface area contributed by atoms with Crippen LogP contribution in [0.5, 0.6) is 0 Å². The monoisotopic (exact) mass is 301 g/mol. The second-order valence-electron chi connectivity index (χ2n) is 5.82. The highest BCUT2D eigenvalue weighted by molar-refractivity contribution is 7.89. The average molecular weight is 301 g/mol. The molecule has 1 aromatic rings. The molecular weight excluding hydrogens is 284 g/mol. The molecule has 0 bridgehead atoms. The quantitative estimate of drug-likeness (QED) is 0.819. The van der Waals surface area contributed by atoms with Gasteiger partial charge in [-0.25, -0.2) is 17.9 Å². The van der Waals surface area contributed by atoms with E-state index in [0.29, 0.717) is 5.46 Å². The molecule has 8 heteroatoms. The van der Waals surface area contributed by atoms with Gasteiger partial charge in [-0.05, 0) is 45.3 Å². The van der Waals surface area contributed by atoms with Crippen molar-refractivity contribution in [3.8, 4) is 0 Å². The lowest BCUT2D eigenvalue weighted by Gasteiger charge is -2.32. The number of rotatable bonds is 2. The first kappa shape index (κ1) is 15.4. The van der Waals surface area contributed by atoms with Crippen molar-refractivity contribution < 1.29 is 22.1 Å². The van der Waals surface area contributed by atoms with Crippen molar-refractivity contribution in [1.29, 1.82) is 0 Å². The second kappa shape index (κ2) is 4.52. The summed E-state index contributed by atoms with van der Waals surface area (Å²) in [5.41, 5.74) is -0.687. The topological polar surface area (TPSA) is 78.6 Å². The molecule has 20 heavy (non-hydrogen) atoms. The third-order valence-electron chi connectivity index (χ3n) is 3.79. The van der Waals surface area contributed by atoms with Gasteiger partial charge in [0.2, 0.25) is 10.0 Å². The Balaban J connectivity index is 2.36. The van der Waals surface area contributed by atoms with Gasteiger partial charge in [-0.1, -0.05) is 6.07 Å². The number of hydrogen-bond donors (Lipinski definition) is 1. The lowest BCUT2D eigenvalue weighted by atomic mass is 9.79. The van der Waals surface area contributed by atoms with Crippen molar-refractivity contribution >= 4 is 22.6 Å². The predicted molar refractivity (Wildman–Crippen MR) is 73.5 cm³/mol. The summed E-state index contributed by atoms with van der Waals surface area (Å²) in [6.07, 6.45) is 0. The summed E-state index contributed by atoms with van der Waals surface area (Å²) in [5.74, 6) is -0.917. The minimum absolute atomic E-state index is 0.411. The highest BCUT2D eigenvalue weighted by Gasteiger charge is 2.51. The number of halogens is 1. The molecule has 1 aliphatic heterocycles. The molecule has 1 heterocycles. The Labute approximate surface area is 118 Å². The molecule has 0 aliphatic carbocycles. The first-order chi connectivity index (χ1) is 8.94. The van der Waals surface area contributed by atoms with Gasteiger partial charge in [-0.15, -0.1) is 0 Å². The van der Waals surface area contributed by atoms with Crippen LogP contribution in [0.4, 0.5) is 4.39 Å².